The highest BCUT2D eigenvalue weighted by atomic mass is 19.1. The van der Waals surface area contributed by atoms with E-state index >= 15 is 0 Å². The Hall–Kier alpha value is -1.62. The van der Waals surface area contributed by atoms with Crippen molar-refractivity contribution in [3.63, 3.8) is 0 Å². The van der Waals surface area contributed by atoms with Crippen molar-refractivity contribution in [3.8, 4) is 5.75 Å². The summed E-state index contributed by atoms with van der Waals surface area (Å²) in [4.78, 5) is 13.8. The summed E-state index contributed by atoms with van der Waals surface area (Å²) >= 11 is 0. The van der Waals surface area contributed by atoms with Crippen LogP contribution in [0.25, 0.3) is 0 Å². The van der Waals surface area contributed by atoms with Gasteiger partial charge in [0.05, 0.1) is 12.7 Å². The number of rotatable bonds is 5. The van der Waals surface area contributed by atoms with Crippen LogP contribution in [0.5, 0.6) is 5.75 Å². The number of methoxy groups -OCH3 is 1. The zero-order valence-corrected chi connectivity index (χ0v) is 12.7. The van der Waals surface area contributed by atoms with Crippen molar-refractivity contribution in [1.82, 2.24) is 10.2 Å². The molecular weight excluding hydrogens is 271 g/mol. The molecule has 1 aromatic carbocycles. The van der Waals surface area contributed by atoms with Gasteiger partial charge in [0.15, 0.2) is 0 Å². The molecule has 1 aliphatic rings. The molecule has 1 aliphatic heterocycles. The van der Waals surface area contributed by atoms with E-state index in [2.05, 4.69) is 5.32 Å². The number of hydrogen-bond donors (Lipinski definition) is 1. The maximum Gasteiger partial charge on any atom is 0.256 e. The molecule has 1 N–H and O–H groups in total. The van der Waals surface area contributed by atoms with Crippen LogP contribution < -0.4 is 10.1 Å². The molecule has 0 aromatic heterocycles. The molecule has 4 nitrogen and oxygen atoms in total. The van der Waals surface area contributed by atoms with Gasteiger partial charge in [0.1, 0.15) is 11.6 Å². The number of carbonyl (C=O) groups excluding carboxylic acids is 1. The van der Waals surface area contributed by atoms with Crippen LogP contribution in [0.2, 0.25) is 0 Å². The van der Waals surface area contributed by atoms with E-state index in [1.165, 1.54) is 32.1 Å². The van der Waals surface area contributed by atoms with Crippen molar-refractivity contribution in [3.05, 3.63) is 29.6 Å². The van der Waals surface area contributed by atoms with Gasteiger partial charge in [-0.3, -0.25) is 4.79 Å². The lowest BCUT2D eigenvalue weighted by Crippen LogP contribution is -2.38. The molecule has 0 spiro atoms. The number of benzene rings is 1. The lowest BCUT2D eigenvalue weighted by atomic mass is 10.0. The third-order valence-electron chi connectivity index (χ3n) is 3.98. The van der Waals surface area contributed by atoms with Gasteiger partial charge in [-0.2, -0.15) is 0 Å². The molecule has 2 rings (SSSR count). The monoisotopic (exact) mass is 294 g/mol. The minimum atomic E-state index is -0.540. The number of nitrogens with zero attached hydrogens (tertiary/aromatic N) is 1. The first-order valence-electron chi connectivity index (χ1n) is 7.44. The van der Waals surface area contributed by atoms with Crippen molar-refractivity contribution in [2.24, 2.45) is 0 Å². The molecule has 1 amide bonds. The Labute approximate surface area is 125 Å². The third kappa shape index (κ3) is 4.17. The topological polar surface area (TPSA) is 41.6 Å². The summed E-state index contributed by atoms with van der Waals surface area (Å²) in [6.45, 7) is 1.68. The van der Waals surface area contributed by atoms with Crippen molar-refractivity contribution < 1.29 is 13.9 Å². The van der Waals surface area contributed by atoms with E-state index in [1.807, 2.05) is 0 Å². The van der Waals surface area contributed by atoms with Gasteiger partial charge >= 0.3 is 0 Å². The molecule has 0 saturated carbocycles. The van der Waals surface area contributed by atoms with E-state index in [9.17, 15) is 9.18 Å². The second-order valence-corrected chi connectivity index (χ2v) is 5.51. The van der Waals surface area contributed by atoms with Crippen LogP contribution in [-0.2, 0) is 0 Å². The number of hydrogen-bond acceptors (Lipinski definition) is 3. The van der Waals surface area contributed by atoms with Gasteiger partial charge in [-0.15, -0.1) is 0 Å². The summed E-state index contributed by atoms with van der Waals surface area (Å²) in [5, 5.41) is 3.45. The highest BCUT2D eigenvalue weighted by molar-refractivity contribution is 5.94. The summed E-state index contributed by atoms with van der Waals surface area (Å²) < 4.78 is 18.8. The van der Waals surface area contributed by atoms with Gasteiger partial charge in [-0.05, 0) is 37.9 Å². The Bertz CT molecular complexity index is 487. The first kappa shape index (κ1) is 15.8. The fourth-order valence-corrected chi connectivity index (χ4v) is 2.62. The van der Waals surface area contributed by atoms with E-state index < -0.39 is 5.82 Å². The van der Waals surface area contributed by atoms with Crippen molar-refractivity contribution in [2.45, 2.75) is 31.7 Å². The summed E-state index contributed by atoms with van der Waals surface area (Å²) in [6, 6.07) is 4.79. The minimum Gasteiger partial charge on any atom is -0.497 e. The van der Waals surface area contributed by atoms with E-state index in [1.54, 1.807) is 18.0 Å². The highest BCUT2D eigenvalue weighted by Crippen LogP contribution is 2.18. The first-order chi connectivity index (χ1) is 10.1. The van der Waals surface area contributed by atoms with Gasteiger partial charge in [0, 0.05) is 25.7 Å². The Morgan fingerprint density at radius 1 is 1.48 bits per heavy atom. The molecule has 1 fully saturated rings. The predicted octanol–water partition coefficient (Wildman–Crippen LogP) is 2.44. The molecule has 0 aliphatic carbocycles. The second-order valence-electron chi connectivity index (χ2n) is 5.51. The Kier molecular flexibility index (Phi) is 5.56. The van der Waals surface area contributed by atoms with Crippen molar-refractivity contribution in [1.29, 1.82) is 0 Å². The van der Waals surface area contributed by atoms with E-state index in [-0.39, 0.29) is 11.5 Å². The smallest absolute Gasteiger partial charge is 0.256 e. The maximum atomic E-state index is 13.9. The molecule has 1 atom stereocenters. The van der Waals surface area contributed by atoms with Gasteiger partial charge in [-0.1, -0.05) is 6.42 Å². The van der Waals surface area contributed by atoms with Gasteiger partial charge in [0.2, 0.25) is 0 Å². The second kappa shape index (κ2) is 7.41. The molecule has 1 heterocycles. The van der Waals surface area contributed by atoms with E-state index in [4.69, 9.17) is 4.74 Å². The molecule has 116 valence electrons. The molecule has 0 radical (unpaired) electrons. The van der Waals surface area contributed by atoms with Crippen molar-refractivity contribution >= 4 is 5.91 Å². The Morgan fingerprint density at radius 2 is 2.29 bits per heavy atom. The molecule has 21 heavy (non-hydrogen) atoms. The zero-order chi connectivity index (χ0) is 15.2. The molecule has 1 saturated heterocycles. The lowest BCUT2D eigenvalue weighted by molar-refractivity contribution is 0.0783. The third-order valence-corrected chi connectivity index (χ3v) is 3.98. The maximum absolute atomic E-state index is 13.9. The zero-order valence-electron chi connectivity index (χ0n) is 12.7. The van der Waals surface area contributed by atoms with Crippen LogP contribution >= 0.6 is 0 Å². The van der Waals surface area contributed by atoms with E-state index in [0.29, 0.717) is 18.3 Å². The lowest BCUT2D eigenvalue weighted by Gasteiger charge is -2.26. The quantitative estimate of drug-likeness (QED) is 0.907. The SMILES string of the molecule is COc1ccc(C(=O)N(C)CCC2CCCCN2)c(F)c1. The standard InChI is InChI=1S/C16H23FN2O2/c1-19(10-8-12-5-3-4-9-18-12)16(20)14-7-6-13(21-2)11-15(14)17/h6-7,11-12,18H,3-5,8-10H2,1-2H3. The Balaban J connectivity index is 1.92. The number of ether oxygens (including phenoxy) is 1. The fourth-order valence-electron chi connectivity index (χ4n) is 2.62. The van der Waals surface area contributed by atoms with Gasteiger partial charge in [-0.25, -0.2) is 4.39 Å². The average molecular weight is 294 g/mol. The van der Waals surface area contributed by atoms with Crippen LogP contribution in [-0.4, -0.2) is 44.1 Å². The number of piperidine rings is 1. The average Bonchev–Trinajstić information content (AvgIpc) is 2.52. The van der Waals surface area contributed by atoms with E-state index in [0.717, 1.165) is 19.4 Å². The minimum absolute atomic E-state index is 0.0925. The van der Waals surface area contributed by atoms with Crippen LogP contribution in [0.1, 0.15) is 36.0 Å². The summed E-state index contributed by atoms with van der Waals surface area (Å²) in [5.74, 6) is -0.411. The number of nitrogens with one attached hydrogen (secondary N) is 1. The number of carbonyl (C=O) groups is 1. The highest BCUT2D eigenvalue weighted by Gasteiger charge is 2.19. The molecule has 5 heteroatoms. The van der Waals surface area contributed by atoms with Gasteiger partial charge < -0.3 is 15.0 Å². The first-order valence-corrected chi connectivity index (χ1v) is 7.44. The molecule has 1 aromatic rings. The molecular formula is C16H23FN2O2. The predicted molar refractivity (Wildman–Crippen MR) is 80.2 cm³/mol. The number of amides is 1. The summed E-state index contributed by atoms with van der Waals surface area (Å²) in [5.41, 5.74) is 0.0925. The van der Waals surface area contributed by atoms with Crippen LogP contribution in [0.4, 0.5) is 4.39 Å². The normalized spacial score (nSPS) is 18.3. The largest absolute Gasteiger partial charge is 0.497 e. The Morgan fingerprint density at radius 3 is 2.90 bits per heavy atom. The molecule has 1 unspecified atom stereocenters. The number of halogens is 1. The van der Waals surface area contributed by atoms with Crippen molar-refractivity contribution in [2.75, 3.05) is 27.2 Å². The fraction of sp³-hybridized carbons (Fsp3) is 0.562. The van der Waals surface area contributed by atoms with Crippen LogP contribution in [0.3, 0.4) is 0 Å². The van der Waals surface area contributed by atoms with Crippen LogP contribution in [0.15, 0.2) is 18.2 Å². The summed E-state index contributed by atoms with van der Waals surface area (Å²) in [6.07, 6.45) is 4.52. The van der Waals surface area contributed by atoms with Gasteiger partial charge in [0.25, 0.3) is 5.91 Å². The summed E-state index contributed by atoms with van der Waals surface area (Å²) in [7, 11) is 3.19. The van der Waals surface area contributed by atoms with Crippen LogP contribution in [0, 0.1) is 5.82 Å². The molecule has 0 bridgehead atoms.